The fourth-order valence-corrected chi connectivity index (χ4v) is 2.83. The summed E-state index contributed by atoms with van der Waals surface area (Å²) in [6, 6.07) is 3.39. The van der Waals surface area contributed by atoms with Crippen LogP contribution >= 0.6 is 0 Å². The van der Waals surface area contributed by atoms with Gasteiger partial charge in [0.25, 0.3) is 0 Å². The number of hydrogen-bond donors (Lipinski definition) is 1. The van der Waals surface area contributed by atoms with Crippen LogP contribution in [0, 0.1) is 11.6 Å². The molecule has 1 saturated heterocycles. The summed E-state index contributed by atoms with van der Waals surface area (Å²) < 4.78 is 26.4. The second-order valence-electron chi connectivity index (χ2n) is 6.20. The van der Waals surface area contributed by atoms with Crippen molar-refractivity contribution in [3.63, 3.8) is 0 Å². The zero-order chi connectivity index (χ0) is 17.7. The molecule has 0 saturated carbocycles. The van der Waals surface area contributed by atoms with E-state index in [4.69, 9.17) is 5.11 Å². The Hall–Kier alpha value is -1.57. The molecule has 5 nitrogen and oxygen atoms in total. The highest BCUT2D eigenvalue weighted by molar-refractivity contribution is 5.78. The number of benzene rings is 1. The molecule has 1 unspecified atom stereocenters. The number of aliphatic hydroxyl groups excluding tert-OH is 1. The molecule has 7 heteroatoms. The maximum Gasteiger partial charge on any atom is 0.236 e. The number of piperazine rings is 1. The largest absolute Gasteiger partial charge is 0.395 e. The summed E-state index contributed by atoms with van der Waals surface area (Å²) in [5.74, 6) is -1.84. The van der Waals surface area contributed by atoms with E-state index in [9.17, 15) is 13.6 Å². The summed E-state index contributed by atoms with van der Waals surface area (Å²) in [7, 11) is 1.68. The Bertz CT molecular complexity index is 563. The minimum Gasteiger partial charge on any atom is -0.395 e. The van der Waals surface area contributed by atoms with Gasteiger partial charge in [-0.1, -0.05) is 6.07 Å². The first-order valence-corrected chi connectivity index (χ1v) is 8.18. The molecule has 0 aromatic heterocycles. The minimum absolute atomic E-state index is 0.0529. The van der Waals surface area contributed by atoms with Gasteiger partial charge in [-0.05, 0) is 24.6 Å². The Kier molecular flexibility index (Phi) is 6.65. The Labute approximate surface area is 141 Å². The molecule has 1 amide bonds. The molecule has 0 radical (unpaired) electrons. The summed E-state index contributed by atoms with van der Waals surface area (Å²) in [6.07, 6.45) is 0. The molecule has 0 bridgehead atoms. The second-order valence-corrected chi connectivity index (χ2v) is 6.20. The van der Waals surface area contributed by atoms with Crippen LogP contribution in [0.2, 0.25) is 0 Å². The number of likely N-dealkylation sites (N-methyl/N-ethyl adjacent to an activating group) is 1. The van der Waals surface area contributed by atoms with Crippen LogP contribution in [-0.4, -0.2) is 78.6 Å². The number of hydrogen-bond acceptors (Lipinski definition) is 4. The Morgan fingerprint density at radius 3 is 2.42 bits per heavy atom. The van der Waals surface area contributed by atoms with Gasteiger partial charge in [-0.3, -0.25) is 14.6 Å². The molecule has 134 valence electrons. The molecule has 1 aromatic rings. The average molecular weight is 341 g/mol. The summed E-state index contributed by atoms with van der Waals surface area (Å²) >= 11 is 0. The summed E-state index contributed by atoms with van der Waals surface area (Å²) in [6.45, 7) is 6.12. The molecule has 1 aromatic carbocycles. The quantitative estimate of drug-likeness (QED) is 0.842. The van der Waals surface area contributed by atoms with Crippen LogP contribution in [0.5, 0.6) is 0 Å². The van der Waals surface area contributed by atoms with E-state index in [1.807, 2.05) is 0 Å². The highest BCUT2D eigenvalue weighted by Gasteiger charge is 2.23. The summed E-state index contributed by atoms with van der Waals surface area (Å²) in [5, 5.41) is 8.94. The fourth-order valence-electron chi connectivity index (χ4n) is 2.83. The molecular formula is C17H25F2N3O2. The van der Waals surface area contributed by atoms with Crippen molar-refractivity contribution in [3.05, 3.63) is 35.4 Å². The lowest BCUT2D eigenvalue weighted by Crippen LogP contribution is -2.50. The maximum atomic E-state index is 13.4. The van der Waals surface area contributed by atoms with Crippen molar-refractivity contribution in [1.82, 2.24) is 14.7 Å². The van der Waals surface area contributed by atoms with Crippen molar-refractivity contribution in [2.75, 3.05) is 52.9 Å². The van der Waals surface area contributed by atoms with E-state index < -0.39 is 11.6 Å². The van der Waals surface area contributed by atoms with E-state index in [0.717, 1.165) is 38.3 Å². The van der Waals surface area contributed by atoms with Crippen LogP contribution in [-0.2, 0) is 4.79 Å². The van der Waals surface area contributed by atoms with Crippen LogP contribution in [0.1, 0.15) is 18.5 Å². The van der Waals surface area contributed by atoms with Gasteiger partial charge in [0.1, 0.15) is 0 Å². The first kappa shape index (κ1) is 18.8. The summed E-state index contributed by atoms with van der Waals surface area (Å²) in [4.78, 5) is 18.2. The van der Waals surface area contributed by atoms with Gasteiger partial charge in [0.05, 0.1) is 19.2 Å². The van der Waals surface area contributed by atoms with E-state index in [0.29, 0.717) is 18.7 Å². The van der Waals surface area contributed by atoms with E-state index in [2.05, 4.69) is 9.80 Å². The van der Waals surface area contributed by atoms with Crippen LogP contribution in [0.4, 0.5) is 8.78 Å². The predicted octanol–water partition coefficient (Wildman–Crippen LogP) is 1.09. The Balaban J connectivity index is 1.88. The molecule has 0 aliphatic carbocycles. The third kappa shape index (κ3) is 4.72. The van der Waals surface area contributed by atoms with Gasteiger partial charge in [-0.2, -0.15) is 0 Å². The molecule has 0 spiro atoms. The average Bonchev–Trinajstić information content (AvgIpc) is 2.58. The van der Waals surface area contributed by atoms with Crippen molar-refractivity contribution < 1.29 is 18.7 Å². The van der Waals surface area contributed by atoms with Gasteiger partial charge in [-0.15, -0.1) is 0 Å². The number of β-amino-alcohol motifs (C(OH)–C–C–N with tert-alkyl or cyclic N) is 1. The zero-order valence-electron chi connectivity index (χ0n) is 14.2. The van der Waals surface area contributed by atoms with Crippen molar-refractivity contribution in [1.29, 1.82) is 0 Å². The van der Waals surface area contributed by atoms with Crippen molar-refractivity contribution in [2.24, 2.45) is 0 Å². The lowest BCUT2D eigenvalue weighted by atomic mass is 10.1. The normalized spacial score (nSPS) is 17.7. The summed E-state index contributed by atoms with van der Waals surface area (Å²) in [5.41, 5.74) is 0.567. The lowest BCUT2D eigenvalue weighted by Gasteiger charge is -2.35. The van der Waals surface area contributed by atoms with Crippen LogP contribution < -0.4 is 0 Å². The Morgan fingerprint density at radius 1 is 1.21 bits per heavy atom. The van der Waals surface area contributed by atoms with Gasteiger partial charge < -0.3 is 10.0 Å². The molecular weight excluding hydrogens is 316 g/mol. The number of carbonyl (C=O) groups excluding carboxylic acids is 1. The van der Waals surface area contributed by atoms with Crippen LogP contribution in [0.25, 0.3) is 0 Å². The fraction of sp³-hybridized carbons (Fsp3) is 0.588. The van der Waals surface area contributed by atoms with Crippen molar-refractivity contribution in [3.8, 4) is 0 Å². The molecule has 1 fully saturated rings. The monoisotopic (exact) mass is 341 g/mol. The number of aliphatic hydroxyl groups is 1. The smallest absolute Gasteiger partial charge is 0.236 e. The third-order valence-corrected chi connectivity index (χ3v) is 4.64. The highest BCUT2D eigenvalue weighted by atomic mass is 19.2. The van der Waals surface area contributed by atoms with Gasteiger partial charge >= 0.3 is 0 Å². The number of nitrogens with zero attached hydrogens (tertiary/aromatic N) is 3. The SMILES string of the molecule is CC(c1ccc(F)c(F)c1)N(C)C(=O)CN1CCN(CCO)CC1. The molecule has 2 rings (SSSR count). The zero-order valence-corrected chi connectivity index (χ0v) is 14.2. The Morgan fingerprint density at radius 2 is 1.83 bits per heavy atom. The van der Waals surface area contributed by atoms with Gasteiger partial charge in [-0.25, -0.2) is 8.78 Å². The number of amides is 1. The first-order valence-electron chi connectivity index (χ1n) is 8.18. The molecule has 1 N–H and O–H groups in total. The maximum absolute atomic E-state index is 13.4. The highest BCUT2D eigenvalue weighted by Crippen LogP contribution is 2.21. The van der Waals surface area contributed by atoms with Gasteiger partial charge in [0.15, 0.2) is 11.6 Å². The first-order chi connectivity index (χ1) is 11.4. The standard InChI is InChI=1S/C17H25F2N3O2/c1-13(14-3-4-15(18)16(19)11-14)20(2)17(24)12-22-7-5-21(6-8-22)9-10-23/h3-4,11,13,23H,5-10,12H2,1-2H3. The van der Waals surface area contributed by atoms with Crippen LogP contribution in [0.15, 0.2) is 18.2 Å². The number of halogens is 2. The lowest BCUT2D eigenvalue weighted by molar-refractivity contribution is -0.133. The second kappa shape index (κ2) is 8.50. The number of rotatable bonds is 6. The van der Waals surface area contributed by atoms with E-state index in [-0.39, 0.29) is 18.6 Å². The van der Waals surface area contributed by atoms with Crippen molar-refractivity contribution in [2.45, 2.75) is 13.0 Å². The predicted molar refractivity (Wildman–Crippen MR) is 87.5 cm³/mol. The minimum atomic E-state index is -0.903. The van der Waals surface area contributed by atoms with Gasteiger partial charge in [0, 0.05) is 39.8 Å². The van der Waals surface area contributed by atoms with E-state index in [1.54, 1.807) is 18.9 Å². The molecule has 1 aliphatic rings. The molecule has 1 aliphatic heterocycles. The van der Waals surface area contributed by atoms with Crippen molar-refractivity contribution >= 4 is 5.91 Å². The number of carbonyl (C=O) groups is 1. The molecule has 24 heavy (non-hydrogen) atoms. The van der Waals surface area contributed by atoms with Crippen LogP contribution in [0.3, 0.4) is 0 Å². The van der Waals surface area contributed by atoms with E-state index >= 15 is 0 Å². The van der Waals surface area contributed by atoms with Gasteiger partial charge in [0.2, 0.25) is 5.91 Å². The molecule has 1 atom stereocenters. The third-order valence-electron chi connectivity index (χ3n) is 4.64. The molecule has 1 heterocycles. The topological polar surface area (TPSA) is 47.0 Å². The van der Waals surface area contributed by atoms with E-state index in [1.165, 1.54) is 6.07 Å².